The molecule has 0 aliphatic rings. The molecule has 214 valence electrons. The quantitative estimate of drug-likeness (QED) is 0.0599. The molecule has 3 N–H and O–H groups in total. The molecular formula is C25H50NO9P. The van der Waals surface area contributed by atoms with E-state index in [1.807, 2.05) is 0 Å². The second kappa shape index (κ2) is 24.3. The molecule has 0 rings (SSSR count). The summed E-state index contributed by atoms with van der Waals surface area (Å²) in [5.41, 5.74) is 0. The van der Waals surface area contributed by atoms with Crippen LogP contribution in [0.5, 0.6) is 0 Å². The smallest absolute Gasteiger partial charge is 0.457 e. The van der Waals surface area contributed by atoms with Crippen molar-refractivity contribution < 1.29 is 42.7 Å². The lowest BCUT2D eigenvalue weighted by molar-refractivity contribution is -0.158. The maximum Gasteiger partial charge on any atom is 0.469 e. The van der Waals surface area contributed by atoms with Gasteiger partial charge in [0.25, 0.3) is 0 Å². The van der Waals surface area contributed by atoms with Crippen LogP contribution in [0.25, 0.3) is 0 Å². The lowest BCUT2D eigenvalue weighted by Gasteiger charge is -2.18. The van der Waals surface area contributed by atoms with Gasteiger partial charge in [0.05, 0.1) is 13.2 Å². The van der Waals surface area contributed by atoms with Crippen LogP contribution in [0, 0.1) is 0 Å². The average Bonchev–Trinajstić information content (AvgIpc) is 2.81. The summed E-state index contributed by atoms with van der Waals surface area (Å²) >= 11 is 0. The zero-order valence-corrected chi connectivity index (χ0v) is 23.3. The van der Waals surface area contributed by atoms with Crippen molar-refractivity contribution in [2.75, 3.05) is 33.2 Å². The summed E-state index contributed by atoms with van der Waals surface area (Å²) in [5.74, 6) is -0.411. The highest BCUT2D eigenvalue weighted by molar-refractivity contribution is 7.46. The maximum atomic E-state index is 12.1. The Bertz CT molecular complexity index is 586. The summed E-state index contributed by atoms with van der Waals surface area (Å²) in [4.78, 5) is 40.7. The van der Waals surface area contributed by atoms with Crippen LogP contribution in [0.2, 0.25) is 0 Å². The molecule has 1 amide bonds. The molecule has 0 aliphatic heterocycles. The van der Waals surface area contributed by atoms with Gasteiger partial charge in [0.2, 0.25) is 5.91 Å². The first-order chi connectivity index (χ1) is 17.2. The van der Waals surface area contributed by atoms with Crippen LogP contribution >= 0.6 is 7.82 Å². The first-order valence-electron chi connectivity index (χ1n) is 13.5. The van der Waals surface area contributed by atoms with Gasteiger partial charge in [-0.05, 0) is 19.3 Å². The number of carbonyl (C=O) groups excluding carboxylic acids is 2. The van der Waals surface area contributed by atoms with E-state index >= 15 is 0 Å². The molecule has 0 bridgehead atoms. The Labute approximate surface area is 217 Å². The summed E-state index contributed by atoms with van der Waals surface area (Å²) in [6, 6.07) is 0. The van der Waals surface area contributed by atoms with Gasteiger partial charge in [0.15, 0.2) is 0 Å². The normalized spacial score (nSPS) is 12.4. The third kappa shape index (κ3) is 27.6. The number of phosphoric acid groups is 1. The third-order valence-electron chi connectivity index (χ3n) is 5.52. The number of rotatable bonds is 26. The minimum Gasteiger partial charge on any atom is -0.457 e. The SMILES string of the molecule is CCCCCCCCCC(=O)O[C@@H](COCOCCCCCCCCCNC(C)=O)COP(=O)(O)O. The van der Waals surface area contributed by atoms with Gasteiger partial charge >= 0.3 is 13.8 Å². The Hall–Kier alpha value is -1.03. The van der Waals surface area contributed by atoms with Gasteiger partial charge in [-0.15, -0.1) is 0 Å². The Kier molecular flexibility index (Phi) is 23.6. The van der Waals surface area contributed by atoms with Crippen molar-refractivity contribution in [2.45, 2.75) is 116 Å². The molecule has 0 saturated carbocycles. The van der Waals surface area contributed by atoms with Crippen LogP contribution in [0.1, 0.15) is 110 Å². The van der Waals surface area contributed by atoms with Crippen molar-refractivity contribution in [3.63, 3.8) is 0 Å². The molecule has 0 radical (unpaired) electrons. The van der Waals surface area contributed by atoms with Crippen molar-refractivity contribution in [3.05, 3.63) is 0 Å². The number of phosphoric ester groups is 1. The molecular weight excluding hydrogens is 489 g/mol. The number of nitrogens with one attached hydrogen (secondary N) is 1. The molecule has 1 atom stereocenters. The van der Waals surface area contributed by atoms with Crippen LogP contribution in [-0.4, -0.2) is 60.9 Å². The summed E-state index contributed by atoms with van der Waals surface area (Å²) in [5, 5.41) is 2.79. The number of carbonyl (C=O) groups is 2. The topological polar surface area (TPSA) is 141 Å². The van der Waals surface area contributed by atoms with E-state index in [1.165, 1.54) is 26.2 Å². The van der Waals surface area contributed by atoms with E-state index in [9.17, 15) is 14.2 Å². The van der Waals surface area contributed by atoms with E-state index in [1.54, 1.807) is 0 Å². The predicted molar refractivity (Wildman–Crippen MR) is 138 cm³/mol. The van der Waals surface area contributed by atoms with Gasteiger partial charge in [0, 0.05) is 26.5 Å². The molecule has 0 aromatic rings. The summed E-state index contributed by atoms with van der Waals surface area (Å²) in [6.45, 7) is 4.48. The number of unbranched alkanes of at least 4 members (excludes halogenated alkanes) is 12. The second-order valence-electron chi connectivity index (χ2n) is 9.12. The molecule has 11 heteroatoms. The van der Waals surface area contributed by atoms with Gasteiger partial charge in [0.1, 0.15) is 12.9 Å². The Balaban J connectivity index is 3.86. The molecule has 10 nitrogen and oxygen atoms in total. The van der Waals surface area contributed by atoms with Crippen molar-refractivity contribution in [1.29, 1.82) is 0 Å². The van der Waals surface area contributed by atoms with Crippen molar-refractivity contribution >= 4 is 19.7 Å². The highest BCUT2D eigenvalue weighted by Crippen LogP contribution is 2.35. The van der Waals surface area contributed by atoms with E-state index in [-0.39, 0.29) is 25.7 Å². The van der Waals surface area contributed by atoms with Crippen LogP contribution in [0.15, 0.2) is 0 Å². The highest BCUT2D eigenvalue weighted by atomic mass is 31.2. The first kappa shape index (κ1) is 35.0. The Morgan fingerprint density at radius 1 is 0.806 bits per heavy atom. The molecule has 36 heavy (non-hydrogen) atoms. The van der Waals surface area contributed by atoms with Crippen molar-refractivity contribution in [3.8, 4) is 0 Å². The van der Waals surface area contributed by atoms with Gasteiger partial charge in [-0.3, -0.25) is 14.1 Å². The van der Waals surface area contributed by atoms with E-state index in [0.717, 1.165) is 77.2 Å². The highest BCUT2D eigenvalue weighted by Gasteiger charge is 2.21. The largest absolute Gasteiger partial charge is 0.469 e. The fraction of sp³-hybridized carbons (Fsp3) is 0.920. The zero-order valence-electron chi connectivity index (χ0n) is 22.4. The van der Waals surface area contributed by atoms with Gasteiger partial charge in [-0.2, -0.15) is 0 Å². The van der Waals surface area contributed by atoms with E-state index in [0.29, 0.717) is 6.61 Å². The molecule has 0 fully saturated rings. The monoisotopic (exact) mass is 539 g/mol. The van der Waals surface area contributed by atoms with Crippen LogP contribution < -0.4 is 5.32 Å². The predicted octanol–water partition coefficient (Wildman–Crippen LogP) is 5.01. The number of amides is 1. The van der Waals surface area contributed by atoms with Gasteiger partial charge in [-0.25, -0.2) is 4.57 Å². The van der Waals surface area contributed by atoms with Gasteiger partial charge < -0.3 is 29.3 Å². The second-order valence-corrected chi connectivity index (χ2v) is 10.4. The van der Waals surface area contributed by atoms with E-state index in [4.69, 9.17) is 24.0 Å². The molecule has 0 unspecified atom stereocenters. The summed E-state index contributed by atoms with van der Waals surface area (Å²) in [7, 11) is -4.67. The number of esters is 1. The minimum absolute atomic E-state index is 0.00483. The molecule has 0 aromatic heterocycles. The molecule has 0 spiro atoms. The third-order valence-corrected chi connectivity index (χ3v) is 6.01. The van der Waals surface area contributed by atoms with Gasteiger partial charge in [-0.1, -0.05) is 77.6 Å². The fourth-order valence-corrected chi connectivity index (χ4v) is 3.90. The van der Waals surface area contributed by atoms with E-state index in [2.05, 4.69) is 16.8 Å². The lowest BCUT2D eigenvalue weighted by atomic mass is 10.1. The fourth-order valence-electron chi connectivity index (χ4n) is 3.54. The summed E-state index contributed by atoms with van der Waals surface area (Å²) in [6.07, 6.45) is 14.4. The Morgan fingerprint density at radius 2 is 1.39 bits per heavy atom. The number of ether oxygens (including phenoxy) is 3. The van der Waals surface area contributed by atoms with Crippen LogP contribution in [0.3, 0.4) is 0 Å². The van der Waals surface area contributed by atoms with Crippen LogP contribution in [-0.2, 0) is 32.9 Å². The zero-order chi connectivity index (χ0) is 26.9. The number of hydrogen-bond acceptors (Lipinski definition) is 7. The Morgan fingerprint density at radius 3 is 2.00 bits per heavy atom. The van der Waals surface area contributed by atoms with Crippen molar-refractivity contribution in [2.24, 2.45) is 0 Å². The summed E-state index contributed by atoms with van der Waals surface area (Å²) < 4.78 is 31.6. The molecule has 0 aromatic carbocycles. The van der Waals surface area contributed by atoms with Crippen molar-refractivity contribution in [1.82, 2.24) is 5.32 Å². The van der Waals surface area contributed by atoms with E-state index < -0.39 is 26.5 Å². The molecule has 0 heterocycles. The van der Waals surface area contributed by atoms with Crippen LogP contribution in [0.4, 0.5) is 0 Å². The lowest BCUT2D eigenvalue weighted by Crippen LogP contribution is -2.28. The maximum absolute atomic E-state index is 12.1. The molecule has 0 aliphatic carbocycles. The average molecular weight is 540 g/mol. The molecule has 0 saturated heterocycles. The number of hydrogen-bond donors (Lipinski definition) is 3. The standard InChI is InChI=1S/C25H50NO9P/c1-3-4-5-6-8-11-14-17-25(28)35-24(21-34-36(29,30)31)20-33-22-32-19-16-13-10-7-9-12-15-18-26-23(2)27/h24H,3-22H2,1-2H3,(H,26,27)(H2,29,30,31)/t24-/m0/s1. The first-order valence-corrected chi connectivity index (χ1v) is 15.1. The minimum atomic E-state index is -4.67.